The first-order valence-corrected chi connectivity index (χ1v) is 11.5. The second-order valence-corrected chi connectivity index (χ2v) is 9.84. The number of amides is 2. The van der Waals surface area contributed by atoms with E-state index < -0.39 is 5.60 Å². The molecule has 0 saturated carbocycles. The lowest BCUT2D eigenvalue weighted by atomic mass is 10.1. The molecule has 0 atom stereocenters. The minimum absolute atomic E-state index is 0.117. The second-order valence-electron chi connectivity index (χ2n) is 9.84. The van der Waals surface area contributed by atoms with Gasteiger partial charge in [-0.1, -0.05) is 29.8 Å². The molecule has 172 valence electrons. The zero-order valence-electron chi connectivity index (χ0n) is 19.5. The lowest BCUT2D eigenvalue weighted by Gasteiger charge is -2.37. The standard InChI is InChI=1S/C24H38N4O3/c1-19-6-5-7-20(16-19)17-27-12-14-28(15-13-27)22(29)18-26-10-8-21(9-11-26)25-23(30)31-24(2,3)4/h5-7,16,21H,8-15,17-18H2,1-4H3,(H,25,30). The first-order chi connectivity index (χ1) is 14.7. The van der Waals surface area contributed by atoms with Crippen molar-refractivity contribution in [3.8, 4) is 0 Å². The molecule has 1 aromatic rings. The van der Waals surface area contributed by atoms with Gasteiger partial charge >= 0.3 is 6.09 Å². The van der Waals surface area contributed by atoms with Crippen molar-refractivity contribution in [2.24, 2.45) is 0 Å². The highest BCUT2D eigenvalue weighted by Crippen LogP contribution is 2.14. The molecule has 3 rings (SSSR count). The number of likely N-dealkylation sites (tertiary alicyclic amines) is 1. The van der Waals surface area contributed by atoms with Crippen LogP contribution in [0.4, 0.5) is 4.79 Å². The van der Waals surface area contributed by atoms with E-state index in [1.807, 2.05) is 25.7 Å². The van der Waals surface area contributed by atoms with E-state index in [1.54, 1.807) is 0 Å². The summed E-state index contributed by atoms with van der Waals surface area (Å²) in [5.74, 6) is 0.216. The van der Waals surface area contributed by atoms with E-state index >= 15 is 0 Å². The summed E-state index contributed by atoms with van der Waals surface area (Å²) in [7, 11) is 0. The van der Waals surface area contributed by atoms with E-state index in [9.17, 15) is 9.59 Å². The summed E-state index contributed by atoms with van der Waals surface area (Å²) in [6.45, 7) is 14.2. The number of alkyl carbamates (subject to hydrolysis) is 1. The number of aryl methyl sites for hydroxylation is 1. The van der Waals surface area contributed by atoms with Crippen LogP contribution in [0.15, 0.2) is 24.3 Å². The van der Waals surface area contributed by atoms with Crippen molar-refractivity contribution < 1.29 is 14.3 Å². The fraction of sp³-hybridized carbons (Fsp3) is 0.667. The molecule has 0 unspecified atom stereocenters. The maximum Gasteiger partial charge on any atom is 0.407 e. The molecular weight excluding hydrogens is 392 g/mol. The van der Waals surface area contributed by atoms with Gasteiger partial charge in [0.25, 0.3) is 0 Å². The topological polar surface area (TPSA) is 65.1 Å². The van der Waals surface area contributed by atoms with Gasteiger partial charge in [-0.2, -0.15) is 0 Å². The highest BCUT2D eigenvalue weighted by molar-refractivity contribution is 5.78. The maximum atomic E-state index is 12.8. The fourth-order valence-corrected chi connectivity index (χ4v) is 4.23. The van der Waals surface area contributed by atoms with Gasteiger partial charge in [-0.3, -0.25) is 14.6 Å². The highest BCUT2D eigenvalue weighted by atomic mass is 16.6. The maximum absolute atomic E-state index is 12.8. The summed E-state index contributed by atoms with van der Waals surface area (Å²) in [6.07, 6.45) is 1.33. The minimum atomic E-state index is -0.485. The molecule has 31 heavy (non-hydrogen) atoms. The van der Waals surface area contributed by atoms with Crippen LogP contribution in [0.2, 0.25) is 0 Å². The normalized spacial score (nSPS) is 19.3. The third kappa shape index (κ3) is 7.82. The molecule has 2 aliphatic rings. The van der Waals surface area contributed by atoms with Gasteiger partial charge in [-0.15, -0.1) is 0 Å². The first kappa shape index (κ1) is 23.5. The lowest BCUT2D eigenvalue weighted by Crippen LogP contribution is -2.52. The molecular formula is C24H38N4O3. The van der Waals surface area contributed by atoms with Crippen LogP contribution >= 0.6 is 0 Å². The average molecular weight is 431 g/mol. The molecule has 2 fully saturated rings. The van der Waals surface area contributed by atoms with Crippen molar-refractivity contribution in [1.82, 2.24) is 20.0 Å². The molecule has 7 nitrogen and oxygen atoms in total. The number of nitrogens with zero attached hydrogens (tertiary/aromatic N) is 3. The summed E-state index contributed by atoms with van der Waals surface area (Å²) < 4.78 is 5.33. The Bertz CT molecular complexity index is 745. The van der Waals surface area contributed by atoms with Crippen LogP contribution < -0.4 is 5.32 Å². The quantitative estimate of drug-likeness (QED) is 0.778. The summed E-state index contributed by atoms with van der Waals surface area (Å²) in [4.78, 5) is 31.3. The van der Waals surface area contributed by atoms with Gasteiger partial charge in [0.05, 0.1) is 6.54 Å². The van der Waals surface area contributed by atoms with Gasteiger partial charge in [-0.25, -0.2) is 4.79 Å². The Hall–Kier alpha value is -2.12. The van der Waals surface area contributed by atoms with Gasteiger partial charge < -0.3 is 15.0 Å². The summed E-state index contributed by atoms with van der Waals surface area (Å²) in [5.41, 5.74) is 2.14. The van der Waals surface area contributed by atoms with Gasteiger partial charge in [0.2, 0.25) is 5.91 Å². The number of hydrogen-bond donors (Lipinski definition) is 1. The monoisotopic (exact) mass is 430 g/mol. The number of piperidine rings is 1. The van der Waals surface area contributed by atoms with Crippen molar-refractivity contribution >= 4 is 12.0 Å². The second kappa shape index (κ2) is 10.5. The van der Waals surface area contributed by atoms with E-state index in [0.717, 1.165) is 58.7 Å². The zero-order chi connectivity index (χ0) is 22.4. The number of carbonyl (C=O) groups excluding carboxylic acids is 2. The molecule has 0 spiro atoms. The lowest BCUT2D eigenvalue weighted by molar-refractivity contribution is -0.134. The number of nitrogens with one attached hydrogen (secondary N) is 1. The van der Waals surface area contributed by atoms with Crippen molar-refractivity contribution in [1.29, 1.82) is 0 Å². The first-order valence-electron chi connectivity index (χ1n) is 11.5. The van der Waals surface area contributed by atoms with E-state index in [2.05, 4.69) is 46.3 Å². The summed E-state index contributed by atoms with van der Waals surface area (Å²) >= 11 is 0. The molecule has 2 saturated heterocycles. The molecule has 0 aliphatic carbocycles. The van der Waals surface area contributed by atoms with Gasteiger partial charge in [0.15, 0.2) is 0 Å². The highest BCUT2D eigenvalue weighted by Gasteiger charge is 2.27. The average Bonchev–Trinajstić information content (AvgIpc) is 2.68. The van der Waals surface area contributed by atoms with E-state index in [0.29, 0.717) is 6.54 Å². The van der Waals surface area contributed by atoms with E-state index in [-0.39, 0.29) is 18.0 Å². The SMILES string of the molecule is Cc1cccc(CN2CCN(C(=O)CN3CCC(NC(=O)OC(C)(C)C)CC3)CC2)c1. The zero-order valence-corrected chi connectivity index (χ0v) is 19.5. The van der Waals surface area contributed by atoms with Gasteiger partial charge in [0, 0.05) is 51.9 Å². The number of hydrogen-bond acceptors (Lipinski definition) is 5. The van der Waals surface area contributed by atoms with Crippen LogP contribution in [0.25, 0.3) is 0 Å². The van der Waals surface area contributed by atoms with Gasteiger partial charge in [-0.05, 0) is 46.1 Å². The van der Waals surface area contributed by atoms with E-state index in [1.165, 1.54) is 11.1 Å². The van der Waals surface area contributed by atoms with Crippen LogP contribution in [0.5, 0.6) is 0 Å². The summed E-state index contributed by atoms with van der Waals surface area (Å²) in [6, 6.07) is 8.75. The fourth-order valence-electron chi connectivity index (χ4n) is 4.23. The number of piperazine rings is 1. The largest absolute Gasteiger partial charge is 0.444 e. The summed E-state index contributed by atoms with van der Waals surface area (Å²) in [5, 5.41) is 2.95. The molecule has 1 N–H and O–H groups in total. The minimum Gasteiger partial charge on any atom is -0.444 e. The Morgan fingerprint density at radius 2 is 1.71 bits per heavy atom. The van der Waals surface area contributed by atoms with Crippen molar-refractivity contribution in [2.45, 2.75) is 58.7 Å². The number of benzene rings is 1. The van der Waals surface area contributed by atoms with Gasteiger partial charge in [0.1, 0.15) is 5.60 Å². The molecule has 0 bridgehead atoms. The van der Waals surface area contributed by atoms with Crippen molar-refractivity contribution in [2.75, 3.05) is 45.8 Å². The molecule has 7 heteroatoms. The Kier molecular flexibility index (Phi) is 7.94. The third-order valence-electron chi connectivity index (χ3n) is 5.88. The molecule has 0 aromatic heterocycles. The van der Waals surface area contributed by atoms with Crippen LogP contribution in [-0.4, -0.2) is 84.2 Å². The van der Waals surface area contributed by atoms with Crippen molar-refractivity contribution in [3.63, 3.8) is 0 Å². The van der Waals surface area contributed by atoms with Crippen LogP contribution in [-0.2, 0) is 16.1 Å². The Labute approximate surface area is 186 Å². The molecule has 2 amide bonds. The molecule has 2 heterocycles. The van der Waals surface area contributed by atoms with Crippen LogP contribution in [0.1, 0.15) is 44.7 Å². The Morgan fingerprint density at radius 3 is 2.32 bits per heavy atom. The molecule has 0 radical (unpaired) electrons. The Morgan fingerprint density at radius 1 is 1.03 bits per heavy atom. The smallest absolute Gasteiger partial charge is 0.407 e. The predicted octanol–water partition coefficient (Wildman–Crippen LogP) is 2.63. The molecule has 2 aliphatic heterocycles. The Balaban J connectivity index is 1.35. The van der Waals surface area contributed by atoms with Crippen molar-refractivity contribution in [3.05, 3.63) is 35.4 Å². The number of carbonyl (C=O) groups is 2. The third-order valence-corrected chi connectivity index (χ3v) is 5.88. The number of rotatable bonds is 5. The van der Waals surface area contributed by atoms with E-state index in [4.69, 9.17) is 4.74 Å². The predicted molar refractivity (Wildman–Crippen MR) is 122 cm³/mol. The van der Waals surface area contributed by atoms with Crippen LogP contribution in [0, 0.1) is 6.92 Å². The van der Waals surface area contributed by atoms with Crippen LogP contribution in [0.3, 0.4) is 0 Å². The molecule has 1 aromatic carbocycles. The number of ether oxygens (including phenoxy) is 1.